The molecule has 0 spiro atoms. The highest BCUT2D eigenvalue weighted by atomic mass is 32.2. The number of amides is 1. The number of aromatic nitrogens is 1. The molecule has 0 bridgehead atoms. The Balaban J connectivity index is 1.37. The molecule has 4 rings (SSSR count). The standard InChI is InChI=1S/C22H20F3N3O5S/c23-22(24,25)33-17-4-2-16(3-5-17)26-21(30)14-9-11-28(12-10-14)34(31,32)18-6-7-19-15(13-18)1-8-20(29)27-19/h1-8,13-14H,9-12H2,(H,26,30)(H,27,29). The number of halogens is 3. The van der Waals surface area contributed by atoms with Crippen molar-refractivity contribution in [2.45, 2.75) is 24.1 Å². The van der Waals surface area contributed by atoms with E-state index in [1.165, 1.54) is 40.7 Å². The van der Waals surface area contributed by atoms with Gasteiger partial charge in [0.05, 0.1) is 4.90 Å². The zero-order valence-electron chi connectivity index (χ0n) is 17.6. The van der Waals surface area contributed by atoms with Gasteiger partial charge in [0.1, 0.15) is 5.75 Å². The highest BCUT2D eigenvalue weighted by Crippen LogP contribution is 2.27. The molecule has 2 aromatic carbocycles. The molecule has 0 atom stereocenters. The van der Waals surface area contributed by atoms with Crippen LogP contribution < -0.4 is 15.6 Å². The molecule has 180 valence electrons. The number of nitrogens with one attached hydrogen (secondary N) is 2. The first-order valence-corrected chi connectivity index (χ1v) is 11.8. The Labute approximate surface area is 192 Å². The quantitative estimate of drug-likeness (QED) is 0.564. The van der Waals surface area contributed by atoms with Gasteiger partial charge in [-0.3, -0.25) is 9.59 Å². The second-order valence-electron chi connectivity index (χ2n) is 7.81. The monoisotopic (exact) mass is 495 g/mol. The lowest BCUT2D eigenvalue weighted by Crippen LogP contribution is -2.41. The average Bonchev–Trinajstić information content (AvgIpc) is 2.79. The van der Waals surface area contributed by atoms with E-state index in [9.17, 15) is 31.2 Å². The van der Waals surface area contributed by atoms with Crippen molar-refractivity contribution in [1.29, 1.82) is 0 Å². The zero-order chi connectivity index (χ0) is 24.5. The number of rotatable bonds is 5. The Morgan fingerprint density at radius 3 is 2.35 bits per heavy atom. The summed E-state index contributed by atoms with van der Waals surface area (Å²) in [5.41, 5.74) is 0.553. The van der Waals surface area contributed by atoms with Gasteiger partial charge in [0.25, 0.3) is 0 Å². The largest absolute Gasteiger partial charge is 0.573 e. The fourth-order valence-corrected chi connectivity index (χ4v) is 5.29. The first-order valence-electron chi connectivity index (χ1n) is 10.3. The number of hydrogen-bond donors (Lipinski definition) is 2. The fraction of sp³-hybridized carbons (Fsp3) is 0.273. The van der Waals surface area contributed by atoms with Crippen molar-refractivity contribution < 1.29 is 31.1 Å². The molecule has 8 nitrogen and oxygen atoms in total. The maximum absolute atomic E-state index is 13.1. The number of anilines is 1. The van der Waals surface area contributed by atoms with Crippen molar-refractivity contribution in [3.63, 3.8) is 0 Å². The van der Waals surface area contributed by atoms with Crippen LogP contribution in [0.15, 0.2) is 64.3 Å². The minimum absolute atomic E-state index is 0.0936. The molecule has 1 aliphatic rings. The molecule has 2 N–H and O–H groups in total. The second kappa shape index (κ2) is 9.11. The Morgan fingerprint density at radius 2 is 1.71 bits per heavy atom. The van der Waals surface area contributed by atoms with Crippen LogP contribution >= 0.6 is 0 Å². The predicted molar refractivity (Wildman–Crippen MR) is 118 cm³/mol. The topological polar surface area (TPSA) is 109 Å². The maximum Gasteiger partial charge on any atom is 0.573 e. The molecule has 1 fully saturated rings. The summed E-state index contributed by atoms with van der Waals surface area (Å²) in [5, 5.41) is 3.22. The number of carbonyl (C=O) groups is 1. The minimum Gasteiger partial charge on any atom is -0.406 e. The minimum atomic E-state index is -4.80. The maximum atomic E-state index is 13.1. The molecule has 34 heavy (non-hydrogen) atoms. The number of H-pyrrole nitrogens is 1. The molecule has 1 aliphatic heterocycles. The lowest BCUT2D eigenvalue weighted by Gasteiger charge is -2.30. The summed E-state index contributed by atoms with van der Waals surface area (Å²) in [6.45, 7) is 0.283. The summed E-state index contributed by atoms with van der Waals surface area (Å²) in [6, 6.07) is 12.1. The number of alkyl halides is 3. The van der Waals surface area contributed by atoms with E-state index in [1.807, 2.05) is 0 Å². The van der Waals surface area contributed by atoms with Gasteiger partial charge in [-0.1, -0.05) is 0 Å². The highest BCUT2D eigenvalue weighted by Gasteiger charge is 2.33. The summed E-state index contributed by atoms with van der Waals surface area (Å²) in [5.74, 6) is -1.18. The van der Waals surface area contributed by atoms with E-state index in [1.54, 1.807) is 6.07 Å². The predicted octanol–water partition coefficient (Wildman–Crippen LogP) is 3.47. The SMILES string of the molecule is O=C(Nc1ccc(OC(F)(F)F)cc1)C1CCN(S(=O)(=O)c2ccc3[nH]c(=O)ccc3c2)CC1. The van der Waals surface area contributed by atoms with Crippen molar-refractivity contribution >= 4 is 32.5 Å². The van der Waals surface area contributed by atoms with Crippen LogP contribution in [0, 0.1) is 5.92 Å². The molecule has 0 aliphatic carbocycles. The van der Waals surface area contributed by atoms with Crippen molar-refractivity contribution in [2.24, 2.45) is 5.92 Å². The van der Waals surface area contributed by atoms with Crippen molar-refractivity contribution in [3.8, 4) is 5.75 Å². The van der Waals surface area contributed by atoms with Gasteiger partial charge >= 0.3 is 6.36 Å². The number of pyridine rings is 1. The van der Waals surface area contributed by atoms with E-state index in [-0.39, 0.29) is 29.5 Å². The molecular formula is C22H20F3N3O5S. The lowest BCUT2D eigenvalue weighted by molar-refractivity contribution is -0.274. The second-order valence-corrected chi connectivity index (χ2v) is 9.75. The van der Waals surface area contributed by atoms with Crippen LogP contribution in [0.5, 0.6) is 5.75 Å². The van der Waals surface area contributed by atoms with Gasteiger partial charge in [-0.2, -0.15) is 4.31 Å². The van der Waals surface area contributed by atoms with E-state index in [2.05, 4.69) is 15.0 Å². The number of sulfonamides is 1. The Morgan fingerprint density at radius 1 is 1.03 bits per heavy atom. The molecule has 0 saturated carbocycles. The van der Waals surface area contributed by atoms with E-state index in [0.717, 1.165) is 12.1 Å². The number of ether oxygens (including phenoxy) is 1. The van der Waals surface area contributed by atoms with Gasteiger partial charge in [-0.15, -0.1) is 13.2 Å². The molecular weight excluding hydrogens is 475 g/mol. The number of nitrogens with zero attached hydrogens (tertiary/aromatic N) is 1. The Bertz CT molecular complexity index is 1360. The smallest absolute Gasteiger partial charge is 0.406 e. The summed E-state index contributed by atoms with van der Waals surface area (Å²) in [7, 11) is -3.79. The summed E-state index contributed by atoms with van der Waals surface area (Å²) in [4.78, 5) is 26.7. The van der Waals surface area contributed by atoms with E-state index < -0.39 is 28.1 Å². The average molecular weight is 495 g/mol. The van der Waals surface area contributed by atoms with Gasteiger partial charge < -0.3 is 15.0 Å². The summed E-state index contributed by atoms with van der Waals surface area (Å²) in [6.07, 6.45) is -4.22. The summed E-state index contributed by atoms with van der Waals surface area (Å²) >= 11 is 0. The van der Waals surface area contributed by atoms with E-state index >= 15 is 0 Å². The third-order valence-corrected chi connectivity index (χ3v) is 7.41. The van der Waals surface area contributed by atoms with Gasteiger partial charge in [0.15, 0.2) is 0 Å². The Kier molecular flexibility index (Phi) is 6.36. The normalized spacial score (nSPS) is 15.9. The lowest BCUT2D eigenvalue weighted by atomic mass is 9.97. The van der Waals surface area contributed by atoms with Crippen molar-refractivity contribution in [3.05, 3.63) is 65.0 Å². The van der Waals surface area contributed by atoms with Crippen molar-refractivity contribution in [2.75, 3.05) is 18.4 Å². The third kappa shape index (κ3) is 5.39. The molecule has 3 aromatic rings. The number of piperidine rings is 1. The van der Waals surface area contributed by atoms with Crippen molar-refractivity contribution in [1.82, 2.24) is 9.29 Å². The first kappa shape index (κ1) is 23.8. The van der Waals surface area contributed by atoms with Crippen LogP contribution in [0.25, 0.3) is 10.9 Å². The van der Waals surface area contributed by atoms with Crippen LogP contribution in [0.1, 0.15) is 12.8 Å². The van der Waals surface area contributed by atoms with Crippen LogP contribution in [0.3, 0.4) is 0 Å². The number of carbonyl (C=O) groups excluding carboxylic acids is 1. The highest BCUT2D eigenvalue weighted by molar-refractivity contribution is 7.89. The van der Waals surface area contributed by atoms with Crippen LogP contribution in [-0.4, -0.2) is 43.1 Å². The molecule has 1 aromatic heterocycles. The number of hydrogen-bond acceptors (Lipinski definition) is 5. The fourth-order valence-electron chi connectivity index (χ4n) is 3.78. The Hall–Kier alpha value is -3.38. The molecule has 1 saturated heterocycles. The summed E-state index contributed by atoms with van der Waals surface area (Å²) < 4.78 is 68.0. The van der Waals surface area contributed by atoms with Gasteiger partial charge in [0, 0.05) is 36.3 Å². The molecule has 2 heterocycles. The number of fused-ring (bicyclic) bond motifs is 1. The molecule has 0 unspecified atom stereocenters. The molecule has 12 heteroatoms. The van der Waals surface area contributed by atoms with Crippen LogP contribution in [-0.2, 0) is 14.8 Å². The molecule has 1 amide bonds. The number of aromatic amines is 1. The van der Waals surface area contributed by atoms with Crippen LogP contribution in [0.2, 0.25) is 0 Å². The van der Waals surface area contributed by atoms with E-state index in [4.69, 9.17) is 0 Å². The van der Waals surface area contributed by atoms with Gasteiger partial charge in [-0.25, -0.2) is 8.42 Å². The molecule has 0 radical (unpaired) electrons. The van der Waals surface area contributed by atoms with Crippen LogP contribution in [0.4, 0.5) is 18.9 Å². The zero-order valence-corrected chi connectivity index (χ0v) is 18.4. The van der Waals surface area contributed by atoms with Gasteiger partial charge in [0.2, 0.25) is 21.5 Å². The third-order valence-electron chi connectivity index (χ3n) is 5.51. The first-order chi connectivity index (χ1) is 16.0. The number of benzene rings is 2. The van der Waals surface area contributed by atoms with Gasteiger partial charge in [-0.05, 0) is 66.8 Å². The van der Waals surface area contributed by atoms with E-state index in [0.29, 0.717) is 29.4 Å².